The van der Waals surface area contributed by atoms with Crippen LogP contribution in [0.2, 0.25) is 0 Å². The smallest absolute Gasteiger partial charge is 0.406 e. The van der Waals surface area contributed by atoms with Gasteiger partial charge in [-0.25, -0.2) is 0 Å². The first-order chi connectivity index (χ1) is 15.5. The molecule has 0 saturated heterocycles. The average Bonchev–Trinajstić information content (AvgIpc) is 2.74. The van der Waals surface area contributed by atoms with Gasteiger partial charge in [-0.2, -0.15) is 0 Å². The predicted molar refractivity (Wildman–Crippen MR) is 120 cm³/mol. The number of hydrogen-bond donors (Lipinski definition) is 1. The van der Waals surface area contributed by atoms with E-state index in [0.717, 1.165) is 16.7 Å². The van der Waals surface area contributed by atoms with E-state index >= 15 is 0 Å². The van der Waals surface area contributed by atoms with Crippen LogP contribution in [0.3, 0.4) is 0 Å². The number of carbonyl (C=O) groups excluding carboxylic acids is 1. The Kier molecular flexibility index (Phi) is 10.9. The molecule has 2 aromatic rings. The molecule has 0 aromatic heterocycles. The third-order valence-corrected chi connectivity index (χ3v) is 4.38. The van der Waals surface area contributed by atoms with Gasteiger partial charge in [0.05, 0.1) is 11.4 Å². The van der Waals surface area contributed by atoms with E-state index < -0.39 is 6.36 Å². The van der Waals surface area contributed by atoms with Crippen molar-refractivity contribution in [3.8, 4) is 5.75 Å². The van der Waals surface area contributed by atoms with Gasteiger partial charge in [-0.05, 0) is 57.0 Å². The van der Waals surface area contributed by atoms with Crippen molar-refractivity contribution >= 4 is 17.8 Å². The first kappa shape index (κ1) is 27.5. The Bertz CT molecular complexity index is 989. The van der Waals surface area contributed by atoms with Crippen LogP contribution >= 0.6 is 0 Å². The third kappa shape index (κ3) is 9.22. The summed E-state index contributed by atoms with van der Waals surface area (Å²) in [4.78, 5) is 19.4. The summed E-state index contributed by atoms with van der Waals surface area (Å²) in [5.74, 6) is -0.273. The highest BCUT2D eigenvalue weighted by Crippen LogP contribution is 2.25. The number of nitrogens with zero attached hydrogens (tertiary/aromatic N) is 2. The second kappa shape index (κ2) is 13.1. The second-order valence-electron chi connectivity index (χ2n) is 6.84. The summed E-state index contributed by atoms with van der Waals surface area (Å²) < 4.78 is 41.0. The van der Waals surface area contributed by atoms with Crippen molar-refractivity contribution < 1.29 is 32.4 Å². The summed E-state index contributed by atoms with van der Waals surface area (Å²) in [7, 11) is 3.05. The SMILES string of the molecule is CNC=O.CO/N=C(/C)c1cccc(C)c1CO/N=C(\C)c1ccc(OC(F)(F)F)cc1C. The molecule has 0 unspecified atom stereocenters. The van der Waals surface area contributed by atoms with Gasteiger partial charge >= 0.3 is 6.36 Å². The van der Waals surface area contributed by atoms with Crippen molar-refractivity contribution in [1.82, 2.24) is 5.32 Å². The van der Waals surface area contributed by atoms with Crippen LogP contribution in [0.5, 0.6) is 5.75 Å². The molecule has 0 aliphatic rings. The summed E-state index contributed by atoms with van der Waals surface area (Å²) in [6.07, 6.45) is -4.10. The largest absolute Gasteiger partial charge is 0.573 e. The summed E-state index contributed by atoms with van der Waals surface area (Å²) in [5, 5.41) is 10.3. The van der Waals surface area contributed by atoms with Crippen molar-refractivity contribution in [2.75, 3.05) is 14.2 Å². The molecule has 0 fully saturated rings. The van der Waals surface area contributed by atoms with E-state index in [1.54, 1.807) is 20.9 Å². The van der Waals surface area contributed by atoms with E-state index in [2.05, 4.69) is 20.4 Å². The number of halogens is 3. The molecule has 0 radical (unpaired) electrons. The van der Waals surface area contributed by atoms with E-state index in [1.807, 2.05) is 32.0 Å². The quantitative estimate of drug-likeness (QED) is 0.341. The van der Waals surface area contributed by atoms with Crippen LogP contribution in [0.4, 0.5) is 13.2 Å². The molecule has 1 amide bonds. The maximum atomic E-state index is 12.3. The Morgan fingerprint density at radius 2 is 1.67 bits per heavy atom. The summed E-state index contributed by atoms with van der Waals surface area (Å²) in [5.41, 5.74) is 5.35. The number of ether oxygens (including phenoxy) is 1. The van der Waals surface area contributed by atoms with Gasteiger partial charge in [0.15, 0.2) is 0 Å². The Labute approximate surface area is 191 Å². The van der Waals surface area contributed by atoms with Gasteiger partial charge in [0.1, 0.15) is 19.5 Å². The van der Waals surface area contributed by atoms with Crippen LogP contribution < -0.4 is 10.1 Å². The lowest BCUT2D eigenvalue weighted by atomic mass is 10.00. The van der Waals surface area contributed by atoms with Crippen LogP contribution in [0.1, 0.15) is 41.7 Å². The lowest BCUT2D eigenvalue weighted by molar-refractivity contribution is -0.274. The van der Waals surface area contributed by atoms with Crippen LogP contribution in [0.15, 0.2) is 46.7 Å². The second-order valence-corrected chi connectivity index (χ2v) is 6.84. The number of aryl methyl sites for hydroxylation is 2. The maximum Gasteiger partial charge on any atom is 0.573 e. The van der Waals surface area contributed by atoms with Gasteiger partial charge in [-0.15, -0.1) is 13.2 Å². The molecular weight excluding hydrogens is 439 g/mol. The normalized spacial score (nSPS) is 11.8. The molecule has 0 atom stereocenters. The van der Waals surface area contributed by atoms with Crippen LogP contribution in [-0.4, -0.2) is 38.4 Å². The predicted octanol–water partition coefficient (Wildman–Crippen LogP) is 4.88. The van der Waals surface area contributed by atoms with Crippen LogP contribution in [0.25, 0.3) is 0 Å². The van der Waals surface area contributed by atoms with Gasteiger partial charge in [-0.3, -0.25) is 4.79 Å². The monoisotopic (exact) mass is 467 g/mol. The van der Waals surface area contributed by atoms with Gasteiger partial charge in [-0.1, -0.05) is 28.5 Å². The molecule has 0 heterocycles. The molecule has 0 spiro atoms. The lowest BCUT2D eigenvalue weighted by Gasteiger charge is -2.13. The minimum Gasteiger partial charge on any atom is -0.406 e. The molecule has 0 saturated carbocycles. The number of amides is 1. The van der Waals surface area contributed by atoms with Gasteiger partial charge in [0.25, 0.3) is 0 Å². The summed E-state index contributed by atoms with van der Waals surface area (Å²) in [6.45, 7) is 7.42. The van der Waals surface area contributed by atoms with Crippen molar-refractivity contribution in [3.63, 3.8) is 0 Å². The van der Waals surface area contributed by atoms with Crippen LogP contribution in [0, 0.1) is 13.8 Å². The number of carbonyl (C=O) groups is 1. The van der Waals surface area contributed by atoms with Gasteiger partial charge in [0.2, 0.25) is 6.41 Å². The highest BCUT2D eigenvalue weighted by molar-refractivity contribution is 6.00. The highest BCUT2D eigenvalue weighted by atomic mass is 19.4. The third-order valence-electron chi connectivity index (χ3n) is 4.38. The highest BCUT2D eigenvalue weighted by Gasteiger charge is 2.31. The number of nitrogens with one attached hydrogen (secondary N) is 1. The standard InChI is InChI=1S/C21H23F3N2O3.C2H5NO/c1-13-7-6-8-19(16(4)25-27-5)20(13)12-28-26-15(3)18-10-9-17(11-14(18)2)29-21(22,23)24;1-3-2-4/h6-11H,12H2,1-5H3;2H,1H3,(H,3,4)/b25-16-,26-15+;. The Hall–Kier alpha value is -3.56. The zero-order valence-electron chi connectivity index (χ0n) is 19.4. The minimum absolute atomic E-state index is 0.213. The maximum absolute atomic E-state index is 12.3. The molecule has 33 heavy (non-hydrogen) atoms. The molecule has 10 heteroatoms. The first-order valence-electron chi connectivity index (χ1n) is 9.84. The number of alkyl halides is 3. The Morgan fingerprint density at radius 3 is 2.21 bits per heavy atom. The molecule has 180 valence electrons. The van der Waals surface area contributed by atoms with Crippen molar-refractivity contribution in [2.24, 2.45) is 10.3 Å². The van der Waals surface area contributed by atoms with Crippen LogP contribution in [-0.2, 0) is 21.1 Å². The molecular formula is C23H28F3N3O4. The van der Waals surface area contributed by atoms with Crippen molar-refractivity contribution in [1.29, 1.82) is 0 Å². The zero-order chi connectivity index (χ0) is 25.0. The fourth-order valence-corrected chi connectivity index (χ4v) is 2.90. The Morgan fingerprint density at radius 1 is 1.03 bits per heavy atom. The topological polar surface area (TPSA) is 81.5 Å². The molecule has 0 bridgehead atoms. The lowest BCUT2D eigenvalue weighted by Crippen LogP contribution is -2.17. The van der Waals surface area contributed by atoms with E-state index in [9.17, 15) is 13.2 Å². The molecule has 7 nitrogen and oxygen atoms in total. The number of benzene rings is 2. The van der Waals surface area contributed by atoms with E-state index in [0.29, 0.717) is 29.0 Å². The fourth-order valence-electron chi connectivity index (χ4n) is 2.90. The summed E-state index contributed by atoms with van der Waals surface area (Å²) >= 11 is 0. The first-order valence-corrected chi connectivity index (χ1v) is 9.84. The van der Waals surface area contributed by atoms with Gasteiger partial charge in [0, 0.05) is 23.7 Å². The molecule has 2 aromatic carbocycles. The van der Waals surface area contributed by atoms with Crippen molar-refractivity contribution in [2.45, 2.75) is 40.7 Å². The molecule has 0 aliphatic heterocycles. The Balaban J connectivity index is 0.00000125. The minimum atomic E-state index is -4.73. The molecule has 1 N–H and O–H groups in total. The number of oxime groups is 2. The number of hydrogen-bond acceptors (Lipinski definition) is 6. The molecule has 2 rings (SSSR count). The fraction of sp³-hybridized carbons (Fsp3) is 0.348. The molecule has 0 aliphatic carbocycles. The number of rotatable bonds is 8. The summed E-state index contributed by atoms with van der Waals surface area (Å²) in [6, 6.07) is 9.88. The van der Waals surface area contributed by atoms with Crippen molar-refractivity contribution in [3.05, 3.63) is 64.2 Å². The zero-order valence-corrected chi connectivity index (χ0v) is 19.4. The van der Waals surface area contributed by atoms with E-state index in [4.69, 9.17) is 14.5 Å². The van der Waals surface area contributed by atoms with Gasteiger partial charge < -0.3 is 19.7 Å². The average molecular weight is 467 g/mol. The van der Waals surface area contributed by atoms with E-state index in [1.165, 1.54) is 25.3 Å². The van der Waals surface area contributed by atoms with E-state index in [-0.39, 0.29) is 12.4 Å².